The first-order valence-corrected chi connectivity index (χ1v) is 10.9. The molecule has 1 heterocycles. The van der Waals surface area contributed by atoms with Gasteiger partial charge in [0.15, 0.2) is 0 Å². The first-order chi connectivity index (χ1) is 12.5. The van der Waals surface area contributed by atoms with Crippen molar-refractivity contribution in [2.45, 2.75) is 55.9 Å². The lowest BCUT2D eigenvalue weighted by Crippen LogP contribution is -2.45. The second kappa shape index (κ2) is 8.39. The summed E-state index contributed by atoms with van der Waals surface area (Å²) < 4.78 is 32.1. The van der Waals surface area contributed by atoms with E-state index in [0.29, 0.717) is 37.7 Å². The van der Waals surface area contributed by atoms with Crippen molar-refractivity contribution < 1.29 is 17.9 Å². The number of ether oxygens (including phenoxy) is 1. The van der Waals surface area contributed by atoms with Gasteiger partial charge < -0.3 is 10.1 Å². The lowest BCUT2D eigenvalue weighted by molar-refractivity contribution is -0.127. The molecule has 2 fully saturated rings. The number of carbonyl (C=O) groups is 1. The molecule has 0 aromatic heterocycles. The van der Waals surface area contributed by atoms with Crippen LogP contribution >= 0.6 is 0 Å². The number of sulfonamides is 1. The van der Waals surface area contributed by atoms with Crippen molar-refractivity contribution in [1.29, 1.82) is 0 Å². The molecule has 7 heteroatoms. The number of carbonyl (C=O) groups excluding carboxylic acids is 1. The minimum atomic E-state index is -3.52. The molecule has 1 aromatic rings. The Balaban J connectivity index is 1.55. The minimum absolute atomic E-state index is 0.0840. The summed E-state index contributed by atoms with van der Waals surface area (Å²) in [6, 6.07) is 6.73. The molecule has 144 valence electrons. The second-order valence-corrected chi connectivity index (χ2v) is 9.14. The molecule has 0 unspecified atom stereocenters. The van der Waals surface area contributed by atoms with E-state index >= 15 is 0 Å². The van der Waals surface area contributed by atoms with Crippen molar-refractivity contribution in [2.75, 3.05) is 20.2 Å². The fourth-order valence-electron chi connectivity index (χ4n) is 3.82. The third-order valence-electron chi connectivity index (χ3n) is 5.47. The fourth-order valence-corrected chi connectivity index (χ4v) is 5.29. The molecule has 0 spiro atoms. The highest BCUT2D eigenvalue weighted by Gasteiger charge is 2.32. The Morgan fingerprint density at radius 1 is 1.04 bits per heavy atom. The Kier molecular flexibility index (Phi) is 6.19. The van der Waals surface area contributed by atoms with E-state index in [-0.39, 0.29) is 16.7 Å². The first kappa shape index (κ1) is 19.2. The lowest BCUT2D eigenvalue weighted by Gasteiger charge is -2.32. The summed E-state index contributed by atoms with van der Waals surface area (Å²) in [6.07, 6.45) is 6.91. The molecule has 1 amide bonds. The molecular weight excluding hydrogens is 352 g/mol. The number of amides is 1. The maximum atomic E-state index is 12.8. The second-order valence-electron chi connectivity index (χ2n) is 7.20. The van der Waals surface area contributed by atoms with Crippen molar-refractivity contribution in [3.63, 3.8) is 0 Å². The van der Waals surface area contributed by atoms with E-state index in [1.807, 2.05) is 0 Å². The summed E-state index contributed by atoms with van der Waals surface area (Å²) in [5.74, 6) is 0.639. The summed E-state index contributed by atoms with van der Waals surface area (Å²) in [5.41, 5.74) is 0. The monoisotopic (exact) mass is 380 g/mol. The van der Waals surface area contributed by atoms with Crippen LogP contribution < -0.4 is 10.1 Å². The molecule has 2 aliphatic rings. The van der Waals surface area contributed by atoms with Crippen molar-refractivity contribution in [3.8, 4) is 5.75 Å². The van der Waals surface area contributed by atoms with E-state index in [2.05, 4.69) is 5.32 Å². The van der Waals surface area contributed by atoms with Crippen LogP contribution in [0.2, 0.25) is 0 Å². The van der Waals surface area contributed by atoms with Crippen LogP contribution in [0, 0.1) is 5.92 Å². The molecule has 3 rings (SSSR count). The molecule has 1 saturated heterocycles. The number of hydrogen-bond donors (Lipinski definition) is 1. The third kappa shape index (κ3) is 4.38. The smallest absolute Gasteiger partial charge is 0.243 e. The number of benzene rings is 1. The van der Waals surface area contributed by atoms with Gasteiger partial charge in [-0.3, -0.25) is 4.79 Å². The normalized spacial score (nSPS) is 20.7. The van der Waals surface area contributed by atoms with Gasteiger partial charge in [-0.1, -0.05) is 19.3 Å². The van der Waals surface area contributed by atoms with Crippen molar-refractivity contribution in [2.24, 2.45) is 5.92 Å². The van der Waals surface area contributed by atoms with E-state index in [4.69, 9.17) is 4.74 Å². The molecule has 1 saturated carbocycles. The van der Waals surface area contributed by atoms with Crippen LogP contribution in [0.1, 0.15) is 44.9 Å². The zero-order valence-corrected chi connectivity index (χ0v) is 16.1. The maximum absolute atomic E-state index is 12.8. The molecule has 1 aliphatic heterocycles. The van der Waals surface area contributed by atoms with Gasteiger partial charge in [-0.05, 0) is 49.9 Å². The van der Waals surface area contributed by atoms with Crippen LogP contribution in [0.4, 0.5) is 0 Å². The Morgan fingerprint density at radius 3 is 2.23 bits per heavy atom. The van der Waals surface area contributed by atoms with Crippen LogP contribution in [-0.2, 0) is 14.8 Å². The number of rotatable bonds is 5. The highest BCUT2D eigenvalue weighted by atomic mass is 32.2. The van der Waals surface area contributed by atoms with Crippen LogP contribution in [0.15, 0.2) is 29.2 Å². The Labute approximate surface area is 156 Å². The average molecular weight is 381 g/mol. The highest BCUT2D eigenvalue weighted by molar-refractivity contribution is 7.89. The van der Waals surface area contributed by atoms with E-state index in [9.17, 15) is 13.2 Å². The van der Waals surface area contributed by atoms with Crippen LogP contribution in [0.5, 0.6) is 5.75 Å². The van der Waals surface area contributed by atoms with Crippen molar-refractivity contribution in [3.05, 3.63) is 24.3 Å². The molecule has 1 aliphatic carbocycles. The van der Waals surface area contributed by atoms with Gasteiger partial charge in [-0.2, -0.15) is 4.31 Å². The lowest BCUT2D eigenvalue weighted by atomic mass is 9.93. The SMILES string of the molecule is COc1ccc(S(=O)(=O)N2CCC(C(=O)NC3CCCCC3)CC2)cc1. The number of methoxy groups -OCH3 is 1. The van der Waals surface area contributed by atoms with E-state index in [0.717, 1.165) is 12.8 Å². The number of nitrogens with zero attached hydrogens (tertiary/aromatic N) is 1. The summed E-state index contributed by atoms with van der Waals surface area (Å²) in [5, 5.41) is 3.17. The van der Waals surface area contributed by atoms with Gasteiger partial charge >= 0.3 is 0 Å². The highest BCUT2D eigenvalue weighted by Crippen LogP contribution is 2.26. The topological polar surface area (TPSA) is 75.7 Å². The Bertz CT molecular complexity index is 704. The Hall–Kier alpha value is -1.60. The average Bonchev–Trinajstić information content (AvgIpc) is 2.69. The largest absolute Gasteiger partial charge is 0.497 e. The summed E-state index contributed by atoms with van der Waals surface area (Å²) in [7, 11) is -1.97. The molecular formula is C19H28N2O4S. The van der Waals surface area contributed by atoms with Gasteiger partial charge in [0.2, 0.25) is 15.9 Å². The van der Waals surface area contributed by atoms with Crippen LogP contribution in [-0.4, -0.2) is 44.9 Å². The first-order valence-electron chi connectivity index (χ1n) is 9.45. The standard InChI is InChI=1S/C19H28N2O4S/c1-25-17-7-9-18(10-8-17)26(23,24)21-13-11-15(12-14-21)19(22)20-16-5-3-2-4-6-16/h7-10,15-16H,2-6,11-14H2,1H3,(H,20,22). The molecule has 0 atom stereocenters. The van der Waals surface area contributed by atoms with Gasteiger partial charge in [0.05, 0.1) is 12.0 Å². The summed E-state index contributed by atoms with van der Waals surface area (Å²) in [6.45, 7) is 0.772. The van der Waals surface area contributed by atoms with Gasteiger partial charge in [0.1, 0.15) is 5.75 Å². The molecule has 26 heavy (non-hydrogen) atoms. The molecule has 6 nitrogen and oxygen atoms in total. The van der Waals surface area contributed by atoms with E-state index in [1.165, 1.54) is 23.6 Å². The summed E-state index contributed by atoms with van der Waals surface area (Å²) >= 11 is 0. The van der Waals surface area contributed by atoms with Crippen LogP contribution in [0.25, 0.3) is 0 Å². The van der Waals surface area contributed by atoms with Crippen molar-refractivity contribution >= 4 is 15.9 Å². The maximum Gasteiger partial charge on any atom is 0.243 e. The molecule has 0 bridgehead atoms. The van der Waals surface area contributed by atoms with Gasteiger partial charge in [-0.25, -0.2) is 8.42 Å². The van der Waals surface area contributed by atoms with E-state index in [1.54, 1.807) is 31.4 Å². The molecule has 1 N–H and O–H groups in total. The quantitative estimate of drug-likeness (QED) is 0.852. The van der Waals surface area contributed by atoms with Gasteiger partial charge in [0.25, 0.3) is 0 Å². The number of piperidine rings is 1. The minimum Gasteiger partial charge on any atom is -0.497 e. The zero-order chi connectivity index (χ0) is 18.6. The third-order valence-corrected chi connectivity index (χ3v) is 7.39. The number of nitrogens with one attached hydrogen (secondary N) is 1. The van der Waals surface area contributed by atoms with Crippen molar-refractivity contribution in [1.82, 2.24) is 9.62 Å². The van der Waals surface area contributed by atoms with Gasteiger partial charge in [0, 0.05) is 25.0 Å². The van der Waals surface area contributed by atoms with E-state index < -0.39 is 10.0 Å². The zero-order valence-electron chi connectivity index (χ0n) is 15.3. The predicted octanol–water partition coefficient (Wildman–Crippen LogP) is 2.54. The number of hydrogen-bond acceptors (Lipinski definition) is 4. The Morgan fingerprint density at radius 2 is 1.65 bits per heavy atom. The van der Waals surface area contributed by atoms with Crippen LogP contribution in [0.3, 0.4) is 0 Å². The predicted molar refractivity (Wildman–Crippen MR) is 99.5 cm³/mol. The molecule has 0 radical (unpaired) electrons. The van der Waals surface area contributed by atoms with Gasteiger partial charge in [-0.15, -0.1) is 0 Å². The summed E-state index contributed by atoms with van der Waals surface area (Å²) in [4.78, 5) is 12.7. The fraction of sp³-hybridized carbons (Fsp3) is 0.632. The molecule has 1 aromatic carbocycles.